The summed E-state index contributed by atoms with van der Waals surface area (Å²) >= 11 is 0. The molecular weight excluding hydrogens is 465 g/mol. The van der Waals surface area contributed by atoms with E-state index >= 15 is 0 Å². The molecule has 0 aliphatic heterocycles. The van der Waals surface area contributed by atoms with Gasteiger partial charge in [0.1, 0.15) is 5.69 Å². The SMILES string of the molecule is CCOc1cncc(-c2ccc(C(=O)NCc3cc(NS(=O)(=O)C(F)(F)F)ccn3)nc2)n1. The zero-order chi connectivity index (χ0) is 24.1. The minimum absolute atomic E-state index is 0.0709. The number of anilines is 1. The van der Waals surface area contributed by atoms with E-state index in [9.17, 15) is 26.4 Å². The summed E-state index contributed by atoms with van der Waals surface area (Å²) in [5.74, 6) is -0.220. The molecule has 0 spiro atoms. The Morgan fingerprint density at radius 3 is 2.58 bits per heavy atom. The summed E-state index contributed by atoms with van der Waals surface area (Å²) in [7, 11) is -5.57. The van der Waals surface area contributed by atoms with Crippen LogP contribution in [0.4, 0.5) is 18.9 Å². The third-order valence-corrected chi connectivity index (χ3v) is 5.11. The van der Waals surface area contributed by atoms with E-state index in [2.05, 4.69) is 25.3 Å². The van der Waals surface area contributed by atoms with Crippen molar-refractivity contribution in [2.45, 2.75) is 19.0 Å². The van der Waals surface area contributed by atoms with Gasteiger partial charge < -0.3 is 10.1 Å². The van der Waals surface area contributed by atoms with E-state index in [0.29, 0.717) is 23.7 Å². The Labute approximate surface area is 186 Å². The van der Waals surface area contributed by atoms with Crippen molar-refractivity contribution < 1.29 is 31.1 Å². The van der Waals surface area contributed by atoms with Crippen molar-refractivity contribution in [1.29, 1.82) is 0 Å². The molecule has 0 aromatic carbocycles. The van der Waals surface area contributed by atoms with E-state index in [4.69, 9.17) is 4.74 Å². The zero-order valence-electron chi connectivity index (χ0n) is 17.0. The first-order chi connectivity index (χ1) is 15.6. The van der Waals surface area contributed by atoms with Gasteiger partial charge in [-0.2, -0.15) is 21.6 Å². The second-order valence-corrected chi connectivity index (χ2v) is 8.05. The molecule has 1 amide bonds. The second-order valence-electron chi connectivity index (χ2n) is 6.38. The minimum Gasteiger partial charge on any atom is -0.477 e. The van der Waals surface area contributed by atoms with E-state index in [0.717, 1.165) is 18.3 Å². The molecule has 0 bridgehead atoms. The highest BCUT2D eigenvalue weighted by molar-refractivity contribution is 7.93. The van der Waals surface area contributed by atoms with E-state index in [1.165, 1.54) is 29.4 Å². The van der Waals surface area contributed by atoms with Gasteiger partial charge in [-0.3, -0.25) is 24.5 Å². The third-order valence-electron chi connectivity index (χ3n) is 4.00. The number of carbonyl (C=O) groups is 1. The molecule has 0 saturated carbocycles. The van der Waals surface area contributed by atoms with E-state index in [-0.39, 0.29) is 23.6 Å². The molecule has 0 atom stereocenters. The second kappa shape index (κ2) is 9.77. The zero-order valence-corrected chi connectivity index (χ0v) is 17.8. The number of sulfonamides is 1. The van der Waals surface area contributed by atoms with E-state index < -0.39 is 21.4 Å². The molecule has 0 fully saturated rings. The molecule has 14 heteroatoms. The Bertz CT molecular complexity index is 1240. The van der Waals surface area contributed by atoms with Crippen LogP contribution in [0, 0.1) is 0 Å². The predicted molar refractivity (Wildman–Crippen MR) is 110 cm³/mol. The van der Waals surface area contributed by atoms with Crippen LogP contribution in [0.5, 0.6) is 5.88 Å². The molecule has 3 heterocycles. The van der Waals surface area contributed by atoms with Crippen molar-refractivity contribution in [3.05, 3.63) is 60.4 Å². The van der Waals surface area contributed by atoms with Gasteiger partial charge in [0.25, 0.3) is 5.91 Å². The molecule has 3 aromatic rings. The maximum absolute atomic E-state index is 12.5. The van der Waals surface area contributed by atoms with Crippen LogP contribution < -0.4 is 14.8 Å². The van der Waals surface area contributed by atoms with Crippen LogP contribution in [-0.4, -0.2) is 46.4 Å². The first kappa shape index (κ1) is 23.8. The maximum atomic E-state index is 12.5. The first-order valence-electron chi connectivity index (χ1n) is 9.32. The largest absolute Gasteiger partial charge is 0.516 e. The van der Waals surface area contributed by atoms with Crippen molar-refractivity contribution in [2.24, 2.45) is 0 Å². The van der Waals surface area contributed by atoms with Crippen LogP contribution in [-0.2, 0) is 16.6 Å². The maximum Gasteiger partial charge on any atom is 0.516 e. The molecule has 0 radical (unpaired) electrons. The van der Waals surface area contributed by atoms with Gasteiger partial charge in [0.05, 0.1) is 42.6 Å². The van der Waals surface area contributed by atoms with Gasteiger partial charge in [0, 0.05) is 18.0 Å². The fraction of sp³-hybridized carbons (Fsp3) is 0.211. The van der Waals surface area contributed by atoms with Gasteiger partial charge in [-0.15, -0.1) is 0 Å². The number of alkyl halides is 3. The Balaban J connectivity index is 1.64. The number of aromatic nitrogens is 4. The van der Waals surface area contributed by atoms with Crippen LogP contribution in [0.1, 0.15) is 23.1 Å². The number of halogens is 3. The topological polar surface area (TPSA) is 136 Å². The van der Waals surface area contributed by atoms with E-state index in [1.807, 2.05) is 6.92 Å². The number of pyridine rings is 2. The normalized spacial score (nSPS) is 11.6. The fourth-order valence-corrected chi connectivity index (χ4v) is 3.05. The Morgan fingerprint density at radius 1 is 1.12 bits per heavy atom. The summed E-state index contributed by atoms with van der Waals surface area (Å²) in [5.41, 5.74) is -4.50. The quantitative estimate of drug-likeness (QED) is 0.500. The Hall–Kier alpha value is -3.81. The number of ether oxygens (including phenoxy) is 1. The van der Waals surface area contributed by atoms with Gasteiger partial charge in [-0.25, -0.2) is 4.98 Å². The highest BCUT2D eigenvalue weighted by Crippen LogP contribution is 2.25. The number of carbonyl (C=O) groups excluding carboxylic acids is 1. The molecule has 0 aliphatic rings. The lowest BCUT2D eigenvalue weighted by Gasteiger charge is -2.11. The number of nitrogens with zero attached hydrogens (tertiary/aromatic N) is 4. The summed E-state index contributed by atoms with van der Waals surface area (Å²) in [4.78, 5) is 28.6. The fourth-order valence-electron chi connectivity index (χ4n) is 2.50. The number of amides is 1. The molecule has 10 nitrogen and oxygen atoms in total. The number of hydrogen-bond acceptors (Lipinski definition) is 8. The molecule has 2 N–H and O–H groups in total. The Morgan fingerprint density at radius 2 is 1.91 bits per heavy atom. The lowest BCUT2D eigenvalue weighted by Crippen LogP contribution is -2.30. The summed E-state index contributed by atoms with van der Waals surface area (Å²) in [6.07, 6.45) is 5.53. The first-order valence-corrected chi connectivity index (χ1v) is 10.8. The summed E-state index contributed by atoms with van der Waals surface area (Å²) in [5, 5.41) is 2.51. The number of nitrogens with one attached hydrogen (secondary N) is 2. The molecular formula is C19H17F3N6O4S. The molecule has 3 rings (SSSR count). The van der Waals surface area contributed by atoms with Crippen LogP contribution >= 0.6 is 0 Å². The highest BCUT2D eigenvalue weighted by atomic mass is 32.2. The smallest absolute Gasteiger partial charge is 0.477 e. The van der Waals surface area contributed by atoms with Gasteiger partial charge in [-0.1, -0.05) is 0 Å². The van der Waals surface area contributed by atoms with Crippen molar-refractivity contribution in [3.63, 3.8) is 0 Å². The van der Waals surface area contributed by atoms with Crippen LogP contribution in [0.2, 0.25) is 0 Å². The Kier molecular flexibility index (Phi) is 7.06. The minimum atomic E-state index is -5.57. The van der Waals surface area contributed by atoms with Gasteiger partial charge >= 0.3 is 15.5 Å². The number of hydrogen-bond donors (Lipinski definition) is 2. The molecule has 174 valence electrons. The van der Waals surface area contributed by atoms with Crippen LogP contribution in [0.15, 0.2) is 49.1 Å². The number of rotatable bonds is 8. The monoisotopic (exact) mass is 482 g/mol. The average Bonchev–Trinajstić information content (AvgIpc) is 2.77. The predicted octanol–water partition coefficient (Wildman–Crippen LogP) is 2.52. The average molecular weight is 482 g/mol. The van der Waals surface area contributed by atoms with Crippen molar-refractivity contribution in [1.82, 2.24) is 25.3 Å². The van der Waals surface area contributed by atoms with Gasteiger partial charge in [0.2, 0.25) is 5.88 Å². The summed E-state index contributed by atoms with van der Waals surface area (Å²) in [6, 6.07) is 5.20. The molecule has 3 aromatic heterocycles. The van der Waals surface area contributed by atoms with Crippen LogP contribution in [0.25, 0.3) is 11.3 Å². The molecule has 0 unspecified atom stereocenters. The standard InChI is InChI=1S/C19H17F3N6O4S/c1-2-32-17-11-23-10-16(27-17)12-3-4-15(25-8-12)18(29)26-9-14-7-13(5-6-24-14)28-33(30,31)19(20,21)22/h3-8,10-11H,2,9H2,1H3,(H,24,28)(H,26,29). The lowest BCUT2D eigenvalue weighted by atomic mass is 10.2. The van der Waals surface area contributed by atoms with Gasteiger partial charge in [0.15, 0.2) is 0 Å². The third kappa shape index (κ3) is 6.12. The van der Waals surface area contributed by atoms with Crippen molar-refractivity contribution >= 4 is 21.6 Å². The van der Waals surface area contributed by atoms with Gasteiger partial charge in [-0.05, 0) is 31.2 Å². The van der Waals surface area contributed by atoms with E-state index in [1.54, 1.807) is 6.07 Å². The highest BCUT2D eigenvalue weighted by Gasteiger charge is 2.46. The summed E-state index contributed by atoms with van der Waals surface area (Å²) in [6.45, 7) is 2.07. The molecule has 33 heavy (non-hydrogen) atoms. The molecule has 0 saturated heterocycles. The van der Waals surface area contributed by atoms with Crippen LogP contribution in [0.3, 0.4) is 0 Å². The van der Waals surface area contributed by atoms with Crippen molar-refractivity contribution in [2.75, 3.05) is 11.3 Å². The lowest BCUT2D eigenvalue weighted by molar-refractivity contribution is -0.0429. The summed E-state index contributed by atoms with van der Waals surface area (Å²) < 4.78 is 66.7. The van der Waals surface area contributed by atoms with Crippen molar-refractivity contribution in [3.8, 4) is 17.1 Å². The molecule has 0 aliphatic carbocycles.